The Morgan fingerprint density at radius 1 is 0.679 bits per heavy atom. The topological polar surface area (TPSA) is 66.4 Å². The van der Waals surface area contributed by atoms with Crippen molar-refractivity contribution in [2.24, 2.45) is 5.92 Å². The molecule has 6 heteroatoms. The molecule has 0 aliphatic carbocycles. The highest BCUT2D eigenvalue weighted by atomic mass is 16.6. The predicted molar refractivity (Wildman–Crippen MR) is 105 cm³/mol. The summed E-state index contributed by atoms with van der Waals surface area (Å²) >= 11 is 0. The van der Waals surface area contributed by atoms with Crippen LogP contribution in [0, 0.1) is 5.92 Å². The van der Waals surface area contributed by atoms with E-state index in [4.69, 9.17) is 23.7 Å². The minimum atomic E-state index is -1.18. The maximum atomic E-state index is 11.2. The van der Waals surface area contributed by atoms with Crippen molar-refractivity contribution >= 4 is 0 Å². The van der Waals surface area contributed by atoms with Crippen molar-refractivity contribution in [3.63, 3.8) is 0 Å². The Labute approximate surface area is 165 Å². The molecule has 0 saturated heterocycles. The fourth-order valence-electron chi connectivity index (χ4n) is 2.68. The molecule has 0 radical (unpaired) electrons. The summed E-state index contributed by atoms with van der Waals surface area (Å²) in [5, 5.41) is 11.2. The van der Waals surface area contributed by atoms with E-state index in [0.29, 0.717) is 49.4 Å². The molecule has 1 heterocycles. The molecule has 0 aromatic heterocycles. The molecule has 152 valence electrons. The normalized spacial score (nSPS) is 17.9. The minimum Gasteiger partial charge on any atom is -0.487 e. The summed E-state index contributed by atoms with van der Waals surface area (Å²) in [5.41, 5.74) is -1.18. The number of fused-ring (bicyclic) bond motifs is 2. The number of aliphatic hydroxyl groups is 1. The third-order valence-electron chi connectivity index (χ3n) is 4.70. The zero-order valence-electron chi connectivity index (χ0n) is 16.4. The van der Waals surface area contributed by atoms with E-state index >= 15 is 0 Å². The number of hydrogen-bond acceptors (Lipinski definition) is 6. The first-order valence-electron chi connectivity index (χ1n) is 9.58. The van der Waals surface area contributed by atoms with Crippen molar-refractivity contribution in [3.05, 3.63) is 48.5 Å². The first kappa shape index (κ1) is 20.3. The Morgan fingerprint density at radius 2 is 1.07 bits per heavy atom. The monoisotopic (exact) mass is 388 g/mol. The Balaban J connectivity index is 1.81. The lowest BCUT2D eigenvalue weighted by molar-refractivity contribution is -0.0739. The highest BCUT2D eigenvalue weighted by Gasteiger charge is 2.34. The molecule has 0 unspecified atom stereocenters. The van der Waals surface area contributed by atoms with Gasteiger partial charge in [-0.3, -0.25) is 0 Å². The van der Waals surface area contributed by atoms with Crippen LogP contribution >= 0.6 is 0 Å². The molecule has 2 aromatic rings. The van der Waals surface area contributed by atoms with Crippen LogP contribution in [0.4, 0.5) is 0 Å². The van der Waals surface area contributed by atoms with Crippen molar-refractivity contribution in [1.82, 2.24) is 0 Å². The largest absolute Gasteiger partial charge is 0.487 e. The van der Waals surface area contributed by atoms with Crippen LogP contribution in [0.1, 0.15) is 13.8 Å². The summed E-state index contributed by atoms with van der Waals surface area (Å²) in [6, 6.07) is 14.8. The van der Waals surface area contributed by atoms with E-state index in [1.165, 1.54) is 0 Å². The molecule has 0 amide bonds. The van der Waals surface area contributed by atoms with Gasteiger partial charge in [0.15, 0.2) is 23.0 Å². The lowest BCUT2D eigenvalue weighted by atomic mass is 9.92. The van der Waals surface area contributed by atoms with Crippen molar-refractivity contribution in [2.45, 2.75) is 19.4 Å². The molecular weight excluding hydrogens is 360 g/mol. The molecule has 0 atom stereocenters. The van der Waals surface area contributed by atoms with Gasteiger partial charge in [0.2, 0.25) is 0 Å². The molecule has 0 spiro atoms. The SMILES string of the molecule is CC(C)C1(O)COc2ccccc2OCCOCCOc2ccccc2OC1. The molecule has 1 aliphatic rings. The number of ether oxygens (including phenoxy) is 5. The molecular formula is C22H28O6. The van der Waals surface area contributed by atoms with Crippen molar-refractivity contribution in [3.8, 4) is 23.0 Å². The van der Waals surface area contributed by atoms with Gasteiger partial charge in [0, 0.05) is 0 Å². The minimum absolute atomic E-state index is 0.0740. The summed E-state index contributed by atoms with van der Waals surface area (Å²) in [6.07, 6.45) is 0. The van der Waals surface area contributed by atoms with Gasteiger partial charge in [0.25, 0.3) is 0 Å². The number of para-hydroxylation sites is 4. The van der Waals surface area contributed by atoms with Gasteiger partial charge in [-0.1, -0.05) is 38.1 Å². The maximum Gasteiger partial charge on any atom is 0.161 e. The van der Waals surface area contributed by atoms with Crippen LogP contribution in [0.2, 0.25) is 0 Å². The van der Waals surface area contributed by atoms with Crippen LogP contribution in [0.5, 0.6) is 23.0 Å². The van der Waals surface area contributed by atoms with E-state index in [9.17, 15) is 5.11 Å². The van der Waals surface area contributed by atoms with Gasteiger partial charge in [-0.25, -0.2) is 0 Å². The van der Waals surface area contributed by atoms with Crippen LogP contribution in [-0.2, 0) is 4.74 Å². The molecule has 2 aromatic carbocycles. The van der Waals surface area contributed by atoms with Crippen LogP contribution < -0.4 is 18.9 Å². The molecule has 28 heavy (non-hydrogen) atoms. The van der Waals surface area contributed by atoms with Crippen LogP contribution in [-0.4, -0.2) is 50.3 Å². The first-order valence-corrected chi connectivity index (χ1v) is 9.58. The van der Waals surface area contributed by atoms with Gasteiger partial charge in [0.1, 0.15) is 32.0 Å². The summed E-state index contributed by atoms with van der Waals surface area (Å²) < 4.78 is 28.9. The summed E-state index contributed by atoms with van der Waals surface area (Å²) in [7, 11) is 0. The van der Waals surface area contributed by atoms with Crippen LogP contribution in [0.3, 0.4) is 0 Å². The first-order chi connectivity index (χ1) is 13.6. The molecule has 0 bridgehead atoms. The Morgan fingerprint density at radius 3 is 1.46 bits per heavy atom. The van der Waals surface area contributed by atoms with E-state index in [2.05, 4.69) is 0 Å². The van der Waals surface area contributed by atoms with E-state index in [0.717, 1.165) is 0 Å². The molecule has 3 rings (SSSR count). The average molecular weight is 388 g/mol. The van der Waals surface area contributed by atoms with Crippen LogP contribution in [0.25, 0.3) is 0 Å². The van der Waals surface area contributed by atoms with Gasteiger partial charge in [0.05, 0.1) is 13.2 Å². The van der Waals surface area contributed by atoms with Gasteiger partial charge in [-0.05, 0) is 30.2 Å². The molecule has 1 aliphatic heterocycles. The highest BCUT2D eigenvalue weighted by molar-refractivity contribution is 5.40. The van der Waals surface area contributed by atoms with E-state index in [-0.39, 0.29) is 19.1 Å². The second-order valence-electron chi connectivity index (χ2n) is 7.04. The standard InChI is InChI=1S/C22H28O6/c1-17(2)22(23)15-27-20-9-5-3-7-18(20)25-13-11-24-12-14-26-19-8-4-6-10-21(19)28-16-22/h3-10,17,23H,11-16H2,1-2H3. The third-order valence-corrected chi connectivity index (χ3v) is 4.70. The molecule has 0 saturated carbocycles. The van der Waals surface area contributed by atoms with Crippen molar-refractivity contribution in [1.29, 1.82) is 0 Å². The lowest BCUT2D eigenvalue weighted by Gasteiger charge is -2.32. The Bertz CT molecular complexity index is 690. The second-order valence-corrected chi connectivity index (χ2v) is 7.04. The third kappa shape index (κ3) is 5.30. The fourth-order valence-corrected chi connectivity index (χ4v) is 2.68. The zero-order chi connectivity index (χ0) is 19.8. The van der Waals surface area contributed by atoms with E-state index < -0.39 is 5.60 Å². The summed E-state index contributed by atoms with van der Waals surface area (Å²) in [6.45, 7) is 5.69. The van der Waals surface area contributed by atoms with E-state index in [1.807, 2.05) is 62.4 Å². The highest BCUT2D eigenvalue weighted by Crippen LogP contribution is 2.31. The van der Waals surface area contributed by atoms with Gasteiger partial charge in [-0.2, -0.15) is 0 Å². The Hall–Kier alpha value is -2.44. The van der Waals surface area contributed by atoms with Crippen molar-refractivity contribution < 1.29 is 28.8 Å². The van der Waals surface area contributed by atoms with Gasteiger partial charge in [-0.15, -0.1) is 0 Å². The molecule has 1 N–H and O–H groups in total. The molecule has 6 nitrogen and oxygen atoms in total. The zero-order valence-corrected chi connectivity index (χ0v) is 16.4. The quantitative estimate of drug-likeness (QED) is 0.808. The van der Waals surface area contributed by atoms with Crippen LogP contribution in [0.15, 0.2) is 48.5 Å². The second kappa shape index (κ2) is 9.66. The lowest BCUT2D eigenvalue weighted by Crippen LogP contribution is -2.46. The number of rotatable bonds is 1. The summed E-state index contributed by atoms with van der Waals surface area (Å²) in [4.78, 5) is 0. The number of hydrogen-bond donors (Lipinski definition) is 1. The Kier molecular flexibility index (Phi) is 7.01. The predicted octanol–water partition coefficient (Wildman–Crippen LogP) is 3.32. The smallest absolute Gasteiger partial charge is 0.161 e. The number of benzene rings is 2. The van der Waals surface area contributed by atoms with Crippen molar-refractivity contribution in [2.75, 3.05) is 39.6 Å². The van der Waals surface area contributed by atoms with Gasteiger partial charge >= 0.3 is 0 Å². The molecule has 0 fully saturated rings. The maximum absolute atomic E-state index is 11.2. The average Bonchev–Trinajstić information content (AvgIpc) is 2.70. The summed E-state index contributed by atoms with van der Waals surface area (Å²) in [5.74, 6) is 2.31. The van der Waals surface area contributed by atoms with Gasteiger partial charge < -0.3 is 28.8 Å². The fraction of sp³-hybridized carbons (Fsp3) is 0.455. The van der Waals surface area contributed by atoms with E-state index in [1.54, 1.807) is 0 Å².